The van der Waals surface area contributed by atoms with Gasteiger partial charge in [0, 0.05) is 9.75 Å². The molecule has 0 bridgehead atoms. The summed E-state index contributed by atoms with van der Waals surface area (Å²) in [7, 11) is 0. The highest BCUT2D eigenvalue weighted by atomic mass is 32.1. The van der Waals surface area contributed by atoms with E-state index < -0.39 is 6.10 Å². The Morgan fingerprint density at radius 2 is 1.84 bits per heavy atom. The van der Waals surface area contributed by atoms with Crippen molar-refractivity contribution < 1.29 is 9.50 Å². The van der Waals surface area contributed by atoms with Gasteiger partial charge in [-0.3, -0.25) is 0 Å². The molecule has 0 amide bonds. The number of aliphatic hydroxyl groups is 1. The van der Waals surface area contributed by atoms with Gasteiger partial charge in [-0.2, -0.15) is 0 Å². The molecule has 0 radical (unpaired) electrons. The molecule has 0 fully saturated rings. The van der Waals surface area contributed by atoms with E-state index in [-0.39, 0.29) is 11.2 Å². The van der Waals surface area contributed by atoms with Crippen LogP contribution in [-0.4, -0.2) is 5.11 Å². The highest BCUT2D eigenvalue weighted by Crippen LogP contribution is 2.34. The summed E-state index contributed by atoms with van der Waals surface area (Å²) in [5.41, 5.74) is 1.50. The molecule has 0 aliphatic heterocycles. The van der Waals surface area contributed by atoms with Gasteiger partial charge in [-0.05, 0) is 47.7 Å². The lowest BCUT2D eigenvalue weighted by Crippen LogP contribution is -2.07. The summed E-state index contributed by atoms with van der Waals surface area (Å²) >= 11 is 1.58. The quantitative estimate of drug-likeness (QED) is 0.853. The van der Waals surface area contributed by atoms with Gasteiger partial charge in [0.2, 0.25) is 0 Å². The summed E-state index contributed by atoms with van der Waals surface area (Å²) in [5.74, 6) is -0.304. The molecule has 0 aliphatic rings. The fraction of sp³-hybridized carbons (Fsp3) is 0.375. The number of benzene rings is 1. The molecule has 0 spiro atoms. The number of hydrogen-bond donors (Lipinski definition) is 1. The van der Waals surface area contributed by atoms with E-state index >= 15 is 0 Å². The Morgan fingerprint density at radius 3 is 2.37 bits per heavy atom. The van der Waals surface area contributed by atoms with Gasteiger partial charge in [-0.15, -0.1) is 11.3 Å². The van der Waals surface area contributed by atoms with Crippen molar-refractivity contribution in [2.24, 2.45) is 0 Å². The summed E-state index contributed by atoms with van der Waals surface area (Å²) in [6.45, 7) is 8.25. The van der Waals surface area contributed by atoms with Gasteiger partial charge in [0.05, 0.1) is 0 Å². The van der Waals surface area contributed by atoms with Crippen molar-refractivity contribution in [3.05, 3.63) is 57.0 Å². The van der Waals surface area contributed by atoms with Crippen molar-refractivity contribution in [2.45, 2.75) is 39.2 Å². The van der Waals surface area contributed by atoms with Gasteiger partial charge in [-0.1, -0.05) is 26.8 Å². The molecule has 0 saturated heterocycles. The lowest BCUT2D eigenvalue weighted by Gasteiger charge is -2.16. The average molecular weight is 278 g/mol. The summed E-state index contributed by atoms with van der Waals surface area (Å²) in [5, 5.41) is 10.4. The third-order valence-electron chi connectivity index (χ3n) is 3.02. The highest BCUT2D eigenvalue weighted by molar-refractivity contribution is 7.12. The van der Waals surface area contributed by atoms with Crippen molar-refractivity contribution >= 4 is 11.3 Å². The van der Waals surface area contributed by atoms with E-state index in [0.29, 0.717) is 5.56 Å². The second kappa shape index (κ2) is 5.06. The molecular weight excluding hydrogens is 259 g/mol. The van der Waals surface area contributed by atoms with Crippen LogP contribution >= 0.6 is 11.3 Å². The van der Waals surface area contributed by atoms with Crippen molar-refractivity contribution in [1.29, 1.82) is 0 Å². The molecule has 0 saturated carbocycles. The van der Waals surface area contributed by atoms with Crippen LogP contribution in [0.25, 0.3) is 0 Å². The SMILES string of the molecule is Cc1cc(F)cc(C(O)c2ccc(C(C)(C)C)s2)c1. The van der Waals surface area contributed by atoms with Crippen LogP contribution < -0.4 is 0 Å². The zero-order valence-electron chi connectivity index (χ0n) is 11.7. The lowest BCUT2D eigenvalue weighted by atomic mass is 9.95. The first-order valence-electron chi connectivity index (χ1n) is 6.33. The fourth-order valence-electron chi connectivity index (χ4n) is 1.99. The molecule has 0 aliphatic carbocycles. The Bertz CT molecular complexity index is 560. The smallest absolute Gasteiger partial charge is 0.123 e. The molecule has 2 aromatic rings. The van der Waals surface area contributed by atoms with E-state index in [4.69, 9.17) is 0 Å². The Kier molecular flexibility index (Phi) is 3.79. The topological polar surface area (TPSA) is 20.2 Å². The highest BCUT2D eigenvalue weighted by Gasteiger charge is 2.20. The van der Waals surface area contributed by atoms with Gasteiger partial charge >= 0.3 is 0 Å². The molecule has 3 heteroatoms. The van der Waals surface area contributed by atoms with E-state index in [1.807, 2.05) is 25.1 Å². The van der Waals surface area contributed by atoms with Gasteiger partial charge in [0.15, 0.2) is 0 Å². The minimum Gasteiger partial charge on any atom is -0.383 e. The van der Waals surface area contributed by atoms with Crippen LogP contribution in [0, 0.1) is 12.7 Å². The maximum Gasteiger partial charge on any atom is 0.123 e. The van der Waals surface area contributed by atoms with Crippen molar-refractivity contribution in [3.8, 4) is 0 Å². The Balaban J connectivity index is 2.33. The maximum atomic E-state index is 13.4. The zero-order valence-corrected chi connectivity index (χ0v) is 12.5. The third-order valence-corrected chi connectivity index (χ3v) is 4.58. The monoisotopic (exact) mass is 278 g/mol. The van der Waals surface area contributed by atoms with Crippen molar-refractivity contribution in [1.82, 2.24) is 0 Å². The van der Waals surface area contributed by atoms with Gasteiger partial charge in [0.1, 0.15) is 11.9 Å². The van der Waals surface area contributed by atoms with Crippen LogP contribution in [0.3, 0.4) is 0 Å². The zero-order chi connectivity index (χ0) is 14.2. The Morgan fingerprint density at radius 1 is 1.16 bits per heavy atom. The number of hydrogen-bond acceptors (Lipinski definition) is 2. The number of aliphatic hydroxyl groups excluding tert-OH is 1. The maximum absolute atomic E-state index is 13.4. The fourth-order valence-corrected chi connectivity index (χ4v) is 3.07. The first-order chi connectivity index (χ1) is 8.77. The molecule has 1 N–H and O–H groups in total. The van der Waals surface area contributed by atoms with Crippen LogP contribution in [-0.2, 0) is 5.41 Å². The van der Waals surface area contributed by atoms with Crippen LogP contribution in [0.2, 0.25) is 0 Å². The normalized spacial score (nSPS) is 13.6. The Hall–Kier alpha value is -1.19. The molecule has 1 unspecified atom stereocenters. The van der Waals surface area contributed by atoms with E-state index in [9.17, 15) is 9.50 Å². The predicted octanol–water partition coefficient (Wildman–Crippen LogP) is 4.57. The summed E-state index contributed by atoms with van der Waals surface area (Å²) in [4.78, 5) is 2.07. The number of thiophene rings is 1. The standard InChI is InChI=1S/C16H19FOS/c1-10-7-11(9-12(17)8-10)15(18)13-5-6-14(19-13)16(2,3)4/h5-9,15,18H,1-4H3. The minimum atomic E-state index is -0.754. The lowest BCUT2D eigenvalue weighted by molar-refractivity contribution is 0.223. The number of rotatable bonds is 2. The van der Waals surface area contributed by atoms with Crippen LogP contribution in [0.1, 0.15) is 47.8 Å². The summed E-state index contributed by atoms with van der Waals surface area (Å²) in [6, 6.07) is 8.65. The molecule has 1 nitrogen and oxygen atoms in total. The number of aryl methyl sites for hydroxylation is 1. The number of halogens is 1. The van der Waals surface area contributed by atoms with E-state index in [2.05, 4.69) is 20.8 Å². The van der Waals surface area contributed by atoms with Gasteiger partial charge < -0.3 is 5.11 Å². The first-order valence-corrected chi connectivity index (χ1v) is 7.14. The average Bonchev–Trinajstić information content (AvgIpc) is 2.75. The largest absolute Gasteiger partial charge is 0.383 e. The second-order valence-corrected chi connectivity index (χ2v) is 7.03. The first kappa shape index (κ1) is 14.2. The van der Waals surface area contributed by atoms with Crippen molar-refractivity contribution in [2.75, 3.05) is 0 Å². The summed E-state index contributed by atoms with van der Waals surface area (Å²) < 4.78 is 13.4. The van der Waals surface area contributed by atoms with Gasteiger partial charge in [-0.25, -0.2) is 4.39 Å². The minimum absolute atomic E-state index is 0.0699. The third kappa shape index (κ3) is 3.23. The van der Waals surface area contributed by atoms with Crippen molar-refractivity contribution in [3.63, 3.8) is 0 Å². The molecule has 102 valence electrons. The molecule has 2 rings (SSSR count). The molecule has 1 aromatic carbocycles. The van der Waals surface area contributed by atoms with Crippen LogP contribution in [0.15, 0.2) is 30.3 Å². The van der Waals surface area contributed by atoms with E-state index in [1.165, 1.54) is 17.0 Å². The Labute approximate surface area is 117 Å². The molecule has 1 aromatic heterocycles. The molecular formula is C16H19FOS. The summed E-state index contributed by atoms with van der Waals surface area (Å²) in [6.07, 6.45) is -0.754. The molecule has 1 heterocycles. The van der Waals surface area contributed by atoms with Gasteiger partial charge in [0.25, 0.3) is 0 Å². The van der Waals surface area contributed by atoms with E-state index in [0.717, 1.165) is 10.4 Å². The second-order valence-electron chi connectivity index (χ2n) is 5.92. The van der Waals surface area contributed by atoms with E-state index in [1.54, 1.807) is 11.3 Å². The van der Waals surface area contributed by atoms with Crippen LogP contribution in [0.5, 0.6) is 0 Å². The van der Waals surface area contributed by atoms with Crippen LogP contribution in [0.4, 0.5) is 4.39 Å². The predicted molar refractivity (Wildman–Crippen MR) is 78.2 cm³/mol. The molecule has 1 atom stereocenters. The molecule has 19 heavy (non-hydrogen) atoms.